The van der Waals surface area contributed by atoms with Crippen LogP contribution in [0.1, 0.15) is 23.1 Å². The van der Waals surface area contributed by atoms with E-state index in [1.54, 1.807) is 6.07 Å². The zero-order valence-corrected chi connectivity index (χ0v) is 14.7. The molecule has 23 heavy (non-hydrogen) atoms. The lowest BCUT2D eigenvalue weighted by atomic mass is 10.1. The second-order valence-electron chi connectivity index (χ2n) is 5.39. The largest absolute Gasteiger partial charge is 0.352 e. The quantitative estimate of drug-likeness (QED) is 0.783. The smallest absolute Gasteiger partial charge is 0.233 e. The maximum Gasteiger partial charge on any atom is 0.233 e. The van der Waals surface area contributed by atoms with Gasteiger partial charge in [0.15, 0.2) is 0 Å². The first kappa shape index (κ1) is 17.2. The van der Waals surface area contributed by atoms with Gasteiger partial charge in [0, 0.05) is 16.7 Å². The molecule has 2 aromatic carbocycles. The molecule has 0 aromatic heterocycles. The lowest BCUT2D eigenvalue weighted by molar-refractivity contribution is -0.126. The molecule has 0 spiro atoms. The topological polar surface area (TPSA) is 58.2 Å². The summed E-state index contributed by atoms with van der Waals surface area (Å²) in [6.07, 6.45) is -0.193. The summed E-state index contributed by atoms with van der Waals surface area (Å²) in [4.78, 5) is 23.8. The predicted molar refractivity (Wildman–Crippen MR) is 95.2 cm³/mol. The van der Waals surface area contributed by atoms with Gasteiger partial charge in [0.25, 0.3) is 0 Å². The van der Waals surface area contributed by atoms with Crippen molar-refractivity contribution >= 4 is 33.4 Å². The third kappa shape index (κ3) is 5.21. The number of rotatable bonds is 5. The summed E-state index contributed by atoms with van der Waals surface area (Å²) in [7, 11) is 0. The zero-order valence-electron chi connectivity index (χ0n) is 13.2. The fourth-order valence-electron chi connectivity index (χ4n) is 2.14. The molecule has 0 unspecified atom stereocenters. The average molecular weight is 375 g/mol. The SMILES string of the molecule is Cc1cc(NC(=O)CC(=O)NCc2ccccc2C)ccc1Br. The van der Waals surface area contributed by atoms with Crippen LogP contribution in [-0.2, 0) is 16.1 Å². The number of carbonyl (C=O) groups excluding carboxylic acids is 2. The van der Waals surface area contributed by atoms with Crippen molar-refractivity contribution in [2.45, 2.75) is 26.8 Å². The number of anilines is 1. The van der Waals surface area contributed by atoms with E-state index in [1.165, 1.54) is 0 Å². The highest BCUT2D eigenvalue weighted by Gasteiger charge is 2.10. The molecule has 120 valence electrons. The number of aryl methyl sites for hydroxylation is 2. The van der Waals surface area contributed by atoms with Crippen LogP contribution in [0.2, 0.25) is 0 Å². The molecule has 4 nitrogen and oxygen atoms in total. The van der Waals surface area contributed by atoms with E-state index in [-0.39, 0.29) is 18.2 Å². The van der Waals surface area contributed by atoms with Gasteiger partial charge in [0.05, 0.1) is 0 Å². The van der Waals surface area contributed by atoms with Crippen LogP contribution in [0.25, 0.3) is 0 Å². The van der Waals surface area contributed by atoms with Gasteiger partial charge >= 0.3 is 0 Å². The fourth-order valence-corrected chi connectivity index (χ4v) is 2.38. The van der Waals surface area contributed by atoms with Crippen LogP contribution in [0.5, 0.6) is 0 Å². The molecular weight excluding hydrogens is 356 g/mol. The van der Waals surface area contributed by atoms with Crippen molar-refractivity contribution in [1.82, 2.24) is 5.32 Å². The Morgan fingerprint density at radius 3 is 2.43 bits per heavy atom. The Balaban J connectivity index is 1.84. The second-order valence-corrected chi connectivity index (χ2v) is 6.25. The van der Waals surface area contributed by atoms with Crippen LogP contribution in [0.3, 0.4) is 0 Å². The Hall–Kier alpha value is -2.14. The van der Waals surface area contributed by atoms with E-state index in [4.69, 9.17) is 0 Å². The van der Waals surface area contributed by atoms with Gasteiger partial charge in [-0.25, -0.2) is 0 Å². The number of nitrogens with one attached hydrogen (secondary N) is 2. The Morgan fingerprint density at radius 2 is 1.74 bits per heavy atom. The standard InChI is InChI=1S/C18H19BrN2O2/c1-12-5-3-4-6-14(12)11-20-17(22)10-18(23)21-15-7-8-16(19)13(2)9-15/h3-9H,10-11H2,1-2H3,(H,20,22)(H,21,23). The Kier molecular flexibility index (Phi) is 5.93. The van der Waals surface area contributed by atoms with E-state index in [1.807, 2.05) is 50.2 Å². The zero-order chi connectivity index (χ0) is 16.8. The lowest BCUT2D eigenvalue weighted by Crippen LogP contribution is -2.28. The average Bonchev–Trinajstić information content (AvgIpc) is 2.50. The van der Waals surface area contributed by atoms with Gasteiger partial charge in [-0.15, -0.1) is 0 Å². The number of amides is 2. The first-order valence-corrected chi connectivity index (χ1v) is 8.12. The first-order chi connectivity index (χ1) is 11.0. The van der Waals surface area contributed by atoms with Crippen molar-refractivity contribution in [2.75, 3.05) is 5.32 Å². The van der Waals surface area contributed by atoms with Crippen LogP contribution in [-0.4, -0.2) is 11.8 Å². The van der Waals surface area contributed by atoms with Crippen molar-refractivity contribution in [3.63, 3.8) is 0 Å². The van der Waals surface area contributed by atoms with Crippen LogP contribution in [0.4, 0.5) is 5.69 Å². The highest BCUT2D eigenvalue weighted by atomic mass is 79.9. The van der Waals surface area contributed by atoms with Crippen molar-refractivity contribution in [2.24, 2.45) is 0 Å². The number of benzene rings is 2. The molecule has 2 N–H and O–H groups in total. The number of hydrogen-bond donors (Lipinski definition) is 2. The molecule has 2 amide bonds. The summed E-state index contributed by atoms with van der Waals surface area (Å²) in [6, 6.07) is 13.3. The summed E-state index contributed by atoms with van der Waals surface area (Å²) < 4.78 is 0.978. The third-order valence-electron chi connectivity index (χ3n) is 3.50. The highest BCUT2D eigenvalue weighted by molar-refractivity contribution is 9.10. The maximum atomic E-state index is 11.9. The van der Waals surface area contributed by atoms with E-state index in [0.29, 0.717) is 12.2 Å². The van der Waals surface area contributed by atoms with Gasteiger partial charge in [-0.05, 0) is 48.7 Å². The lowest BCUT2D eigenvalue weighted by Gasteiger charge is -2.09. The number of carbonyl (C=O) groups is 2. The molecule has 0 atom stereocenters. The monoisotopic (exact) mass is 374 g/mol. The van der Waals surface area contributed by atoms with Crippen molar-refractivity contribution < 1.29 is 9.59 Å². The Bertz CT molecular complexity index is 729. The van der Waals surface area contributed by atoms with E-state index in [2.05, 4.69) is 26.6 Å². The van der Waals surface area contributed by atoms with Gasteiger partial charge in [0.2, 0.25) is 11.8 Å². The molecule has 0 saturated heterocycles. The van der Waals surface area contributed by atoms with Crippen molar-refractivity contribution in [3.05, 3.63) is 63.6 Å². The number of hydrogen-bond acceptors (Lipinski definition) is 2. The van der Waals surface area contributed by atoms with Crippen LogP contribution in [0.15, 0.2) is 46.9 Å². The van der Waals surface area contributed by atoms with Crippen molar-refractivity contribution in [3.8, 4) is 0 Å². The molecular formula is C18H19BrN2O2. The van der Waals surface area contributed by atoms with Crippen LogP contribution >= 0.6 is 15.9 Å². The minimum absolute atomic E-state index is 0.193. The summed E-state index contributed by atoms with van der Waals surface area (Å²) >= 11 is 3.41. The molecule has 0 bridgehead atoms. The first-order valence-electron chi connectivity index (χ1n) is 7.33. The van der Waals surface area contributed by atoms with E-state index in [0.717, 1.165) is 21.2 Å². The minimum atomic E-state index is -0.325. The molecule has 0 heterocycles. The number of halogens is 1. The van der Waals surface area contributed by atoms with E-state index >= 15 is 0 Å². The maximum absolute atomic E-state index is 11.9. The molecule has 0 fully saturated rings. The molecule has 0 aliphatic carbocycles. The normalized spacial score (nSPS) is 10.2. The van der Waals surface area contributed by atoms with Gasteiger partial charge in [-0.2, -0.15) is 0 Å². The summed E-state index contributed by atoms with van der Waals surface area (Å²) in [6.45, 7) is 4.36. The van der Waals surface area contributed by atoms with E-state index < -0.39 is 0 Å². The van der Waals surface area contributed by atoms with Crippen LogP contribution in [0, 0.1) is 13.8 Å². The van der Waals surface area contributed by atoms with Gasteiger partial charge in [-0.1, -0.05) is 40.2 Å². The molecule has 0 radical (unpaired) electrons. The summed E-state index contributed by atoms with van der Waals surface area (Å²) in [5.41, 5.74) is 3.86. The molecule has 0 aliphatic heterocycles. The minimum Gasteiger partial charge on any atom is -0.352 e. The van der Waals surface area contributed by atoms with Crippen molar-refractivity contribution in [1.29, 1.82) is 0 Å². The Labute approximate surface area is 144 Å². The van der Waals surface area contributed by atoms with Gasteiger partial charge in [-0.3, -0.25) is 9.59 Å². The molecule has 5 heteroatoms. The van der Waals surface area contributed by atoms with Gasteiger partial charge in [0.1, 0.15) is 6.42 Å². The molecule has 0 aliphatic rings. The Morgan fingerprint density at radius 1 is 1.00 bits per heavy atom. The summed E-state index contributed by atoms with van der Waals surface area (Å²) in [5.74, 6) is -0.617. The molecule has 2 rings (SSSR count). The second kappa shape index (κ2) is 7.92. The van der Waals surface area contributed by atoms with Gasteiger partial charge < -0.3 is 10.6 Å². The molecule has 2 aromatic rings. The third-order valence-corrected chi connectivity index (χ3v) is 4.39. The predicted octanol–water partition coefficient (Wildman–Crippen LogP) is 3.71. The van der Waals surface area contributed by atoms with Crippen LogP contribution < -0.4 is 10.6 Å². The van der Waals surface area contributed by atoms with E-state index in [9.17, 15) is 9.59 Å². The molecule has 0 saturated carbocycles. The fraction of sp³-hybridized carbons (Fsp3) is 0.222. The highest BCUT2D eigenvalue weighted by Crippen LogP contribution is 2.20. The summed E-state index contributed by atoms with van der Waals surface area (Å²) in [5, 5.41) is 5.50.